The fourth-order valence-corrected chi connectivity index (χ4v) is 3.83. The van der Waals surface area contributed by atoms with Crippen LogP contribution in [0.1, 0.15) is 10.6 Å². The second-order valence-electron chi connectivity index (χ2n) is 4.62. The van der Waals surface area contributed by atoms with Crippen LogP contribution in [0.3, 0.4) is 0 Å². The molecule has 0 spiro atoms. The van der Waals surface area contributed by atoms with E-state index < -0.39 is 0 Å². The highest BCUT2D eigenvalue weighted by Crippen LogP contribution is 2.33. The molecule has 0 unspecified atom stereocenters. The first-order valence-electron chi connectivity index (χ1n) is 6.60. The van der Waals surface area contributed by atoms with Gasteiger partial charge in [-0.3, -0.25) is 0 Å². The third kappa shape index (κ3) is 3.34. The van der Waals surface area contributed by atoms with E-state index in [1.54, 1.807) is 18.4 Å². The van der Waals surface area contributed by atoms with Crippen LogP contribution in [0.25, 0.3) is 11.3 Å². The van der Waals surface area contributed by atoms with Crippen molar-refractivity contribution in [2.45, 2.75) is 6.42 Å². The largest absolute Gasteiger partial charge is 0.497 e. The molecular formula is C17H14BrNOS. The van der Waals surface area contributed by atoms with Crippen molar-refractivity contribution in [1.29, 1.82) is 0 Å². The van der Waals surface area contributed by atoms with Crippen molar-refractivity contribution >= 4 is 27.3 Å². The van der Waals surface area contributed by atoms with Crippen molar-refractivity contribution in [3.05, 3.63) is 69.0 Å². The topological polar surface area (TPSA) is 22.1 Å². The monoisotopic (exact) mass is 359 g/mol. The van der Waals surface area contributed by atoms with Gasteiger partial charge in [0.1, 0.15) is 5.75 Å². The van der Waals surface area contributed by atoms with Crippen LogP contribution in [0.5, 0.6) is 5.75 Å². The average Bonchev–Trinajstić information content (AvgIpc) is 2.89. The normalized spacial score (nSPS) is 10.6. The maximum atomic E-state index is 5.18. The number of rotatable bonds is 4. The van der Waals surface area contributed by atoms with Crippen molar-refractivity contribution in [3.63, 3.8) is 0 Å². The molecular weight excluding hydrogens is 346 g/mol. The van der Waals surface area contributed by atoms with Crippen LogP contribution in [-0.2, 0) is 6.42 Å². The quantitative estimate of drug-likeness (QED) is 0.640. The molecule has 0 fully saturated rings. The Balaban J connectivity index is 1.83. The summed E-state index contributed by atoms with van der Waals surface area (Å²) in [6.45, 7) is 0. The summed E-state index contributed by atoms with van der Waals surface area (Å²) in [5, 5.41) is 1.10. The highest BCUT2D eigenvalue weighted by Gasteiger charge is 2.11. The van der Waals surface area contributed by atoms with Crippen molar-refractivity contribution in [1.82, 2.24) is 4.98 Å². The zero-order chi connectivity index (χ0) is 14.7. The minimum atomic E-state index is 0.833. The second kappa shape index (κ2) is 6.41. The van der Waals surface area contributed by atoms with E-state index in [9.17, 15) is 0 Å². The second-order valence-corrected chi connectivity index (χ2v) is 7.02. The van der Waals surface area contributed by atoms with Gasteiger partial charge in [-0.1, -0.05) is 42.5 Å². The summed E-state index contributed by atoms with van der Waals surface area (Å²) in [5.74, 6) is 0.879. The molecule has 0 saturated carbocycles. The lowest BCUT2D eigenvalue weighted by molar-refractivity contribution is 0.414. The molecule has 21 heavy (non-hydrogen) atoms. The average molecular weight is 360 g/mol. The van der Waals surface area contributed by atoms with Gasteiger partial charge in [0.15, 0.2) is 0 Å². The number of ether oxygens (including phenoxy) is 1. The van der Waals surface area contributed by atoms with Crippen molar-refractivity contribution in [3.8, 4) is 17.0 Å². The maximum Gasteiger partial charge on any atom is 0.118 e. The summed E-state index contributed by atoms with van der Waals surface area (Å²) in [4.78, 5) is 4.76. The Morgan fingerprint density at radius 2 is 1.76 bits per heavy atom. The molecule has 2 nitrogen and oxygen atoms in total. The molecule has 0 saturated heterocycles. The van der Waals surface area contributed by atoms with E-state index in [0.29, 0.717) is 0 Å². The van der Waals surface area contributed by atoms with Crippen molar-refractivity contribution in [2.75, 3.05) is 7.11 Å². The number of thiazole rings is 1. The minimum Gasteiger partial charge on any atom is -0.497 e. The van der Waals surface area contributed by atoms with Crippen LogP contribution in [0, 0.1) is 0 Å². The molecule has 0 radical (unpaired) electrons. The lowest BCUT2D eigenvalue weighted by Crippen LogP contribution is -1.88. The van der Waals surface area contributed by atoms with E-state index in [1.165, 1.54) is 5.56 Å². The fraction of sp³-hybridized carbons (Fsp3) is 0.118. The van der Waals surface area contributed by atoms with Gasteiger partial charge in [0.05, 0.1) is 21.6 Å². The van der Waals surface area contributed by atoms with Gasteiger partial charge in [0, 0.05) is 12.0 Å². The highest BCUT2D eigenvalue weighted by atomic mass is 79.9. The molecule has 0 atom stereocenters. The Hall–Kier alpha value is -1.65. The SMILES string of the molecule is COc1ccc(Cc2nc(-c3ccccc3)c(Br)s2)cc1. The Kier molecular flexibility index (Phi) is 4.36. The van der Waals surface area contributed by atoms with Crippen LogP contribution in [0.15, 0.2) is 58.4 Å². The molecule has 0 N–H and O–H groups in total. The summed E-state index contributed by atoms with van der Waals surface area (Å²) in [6, 6.07) is 18.4. The zero-order valence-corrected chi connectivity index (χ0v) is 13.9. The third-order valence-corrected chi connectivity index (χ3v) is 4.90. The Morgan fingerprint density at radius 3 is 2.43 bits per heavy atom. The molecule has 3 aromatic rings. The first kappa shape index (κ1) is 14.3. The first-order valence-corrected chi connectivity index (χ1v) is 8.21. The van der Waals surface area contributed by atoms with Gasteiger partial charge in [-0.25, -0.2) is 4.98 Å². The molecule has 0 bridgehead atoms. The van der Waals surface area contributed by atoms with E-state index in [-0.39, 0.29) is 0 Å². The standard InChI is InChI=1S/C17H14BrNOS/c1-20-14-9-7-12(8-10-14)11-15-19-16(17(18)21-15)13-5-3-2-4-6-13/h2-10H,11H2,1H3. The molecule has 106 valence electrons. The number of benzene rings is 2. The molecule has 1 heterocycles. The first-order chi connectivity index (χ1) is 10.3. The van der Waals surface area contributed by atoms with E-state index in [4.69, 9.17) is 9.72 Å². The number of aromatic nitrogens is 1. The molecule has 0 aliphatic heterocycles. The summed E-state index contributed by atoms with van der Waals surface area (Å²) in [7, 11) is 1.68. The van der Waals surface area contributed by atoms with Gasteiger partial charge in [0.25, 0.3) is 0 Å². The van der Waals surface area contributed by atoms with E-state index in [0.717, 1.165) is 32.2 Å². The van der Waals surface area contributed by atoms with Crippen LogP contribution in [-0.4, -0.2) is 12.1 Å². The van der Waals surface area contributed by atoms with Crippen LogP contribution in [0.2, 0.25) is 0 Å². The summed E-state index contributed by atoms with van der Waals surface area (Å²) < 4.78 is 6.26. The van der Waals surface area contributed by atoms with E-state index in [1.807, 2.05) is 30.3 Å². The third-order valence-electron chi connectivity index (χ3n) is 3.19. The predicted octanol–water partition coefficient (Wildman–Crippen LogP) is 5.17. The number of hydrogen-bond donors (Lipinski definition) is 0. The molecule has 0 aliphatic carbocycles. The highest BCUT2D eigenvalue weighted by molar-refractivity contribution is 9.11. The van der Waals surface area contributed by atoms with Crippen molar-refractivity contribution < 1.29 is 4.74 Å². The maximum absolute atomic E-state index is 5.18. The fourth-order valence-electron chi connectivity index (χ4n) is 2.11. The van der Waals surface area contributed by atoms with Crippen molar-refractivity contribution in [2.24, 2.45) is 0 Å². The van der Waals surface area contributed by atoms with Gasteiger partial charge < -0.3 is 4.74 Å². The number of nitrogens with zero attached hydrogens (tertiary/aromatic N) is 1. The Morgan fingerprint density at radius 1 is 1.05 bits per heavy atom. The van der Waals surface area contributed by atoms with Crippen LogP contribution < -0.4 is 4.74 Å². The van der Waals surface area contributed by atoms with E-state index >= 15 is 0 Å². The zero-order valence-electron chi connectivity index (χ0n) is 11.5. The molecule has 0 aliphatic rings. The molecule has 4 heteroatoms. The van der Waals surface area contributed by atoms with Gasteiger partial charge >= 0.3 is 0 Å². The number of methoxy groups -OCH3 is 1. The molecule has 3 rings (SSSR count). The smallest absolute Gasteiger partial charge is 0.118 e. The minimum absolute atomic E-state index is 0.833. The van der Waals surface area contributed by atoms with Crippen LogP contribution >= 0.6 is 27.3 Å². The summed E-state index contributed by atoms with van der Waals surface area (Å²) in [6.07, 6.45) is 0.833. The Labute approximate surface area is 136 Å². The lowest BCUT2D eigenvalue weighted by Gasteiger charge is -2.01. The number of halogens is 1. The summed E-state index contributed by atoms with van der Waals surface area (Å²) in [5.41, 5.74) is 3.39. The molecule has 2 aromatic carbocycles. The van der Waals surface area contributed by atoms with Gasteiger partial charge in [-0.05, 0) is 33.6 Å². The van der Waals surface area contributed by atoms with Crippen LogP contribution in [0.4, 0.5) is 0 Å². The lowest BCUT2D eigenvalue weighted by atomic mass is 10.1. The Bertz CT molecular complexity index is 722. The van der Waals surface area contributed by atoms with Gasteiger partial charge in [-0.15, -0.1) is 11.3 Å². The summed E-state index contributed by atoms with van der Waals surface area (Å²) >= 11 is 5.31. The van der Waals surface area contributed by atoms with Gasteiger partial charge in [-0.2, -0.15) is 0 Å². The number of hydrogen-bond acceptors (Lipinski definition) is 3. The van der Waals surface area contributed by atoms with Gasteiger partial charge in [0.2, 0.25) is 0 Å². The van der Waals surface area contributed by atoms with E-state index in [2.05, 4.69) is 40.2 Å². The predicted molar refractivity (Wildman–Crippen MR) is 91.1 cm³/mol. The molecule has 0 amide bonds. The molecule has 1 aromatic heterocycles.